The fourth-order valence-corrected chi connectivity index (χ4v) is 3.40. The third-order valence-electron chi connectivity index (χ3n) is 3.29. The van der Waals surface area contributed by atoms with Gasteiger partial charge in [0, 0.05) is 0 Å². The van der Waals surface area contributed by atoms with E-state index < -0.39 is 0 Å². The Morgan fingerprint density at radius 1 is 1.45 bits per heavy atom. The van der Waals surface area contributed by atoms with Gasteiger partial charge in [-0.2, -0.15) is 0 Å². The van der Waals surface area contributed by atoms with E-state index in [0.29, 0.717) is 0 Å². The Hall–Kier alpha value is 0.210. The van der Waals surface area contributed by atoms with Gasteiger partial charge in [0.2, 0.25) is 0 Å². The van der Waals surface area contributed by atoms with Gasteiger partial charge in [0.25, 0.3) is 0 Å². The third-order valence-corrected chi connectivity index (χ3v) is 4.53. The third kappa shape index (κ3) is 1.68. The molecule has 0 aromatic rings. The van der Waals surface area contributed by atoms with Gasteiger partial charge < -0.3 is 0 Å². The van der Waals surface area contributed by atoms with Crippen molar-refractivity contribution in [2.45, 2.75) is 39.3 Å². The van der Waals surface area contributed by atoms with Crippen molar-refractivity contribution in [3.8, 4) is 6.13 Å². The normalized spacial score (nSPS) is 44.2. The van der Waals surface area contributed by atoms with Crippen LogP contribution < -0.4 is 0 Å². The van der Waals surface area contributed by atoms with Crippen LogP contribution in [-0.4, -0.2) is 5.66 Å². The van der Waals surface area contributed by atoms with Crippen LogP contribution in [0.3, 0.4) is 0 Å². The molecule has 4 unspecified atom stereocenters. The molecule has 1 aliphatic rings. The van der Waals surface area contributed by atoms with Gasteiger partial charge in [-0.3, -0.25) is 0 Å². The summed E-state index contributed by atoms with van der Waals surface area (Å²) in [5.41, 5.74) is 0.773. The summed E-state index contributed by atoms with van der Waals surface area (Å²) in [5.74, 6) is 2.62. The van der Waals surface area contributed by atoms with Crippen LogP contribution in [0.1, 0.15) is 33.6 Å². The molecule has 1 aliphatic carbocycles. The minimum atomic E-state index is 0.773. The Labute approximate surface area is 71.9 Å². The van der Waals surface area contributed by atoms with E-state index >= 15 is 0 Å². The van der Waals surface area contributed by atoms with E-state index in [9.17, 15) is 0 Å². The Bertz CT molecular complexity index is 168. The predicted molar refractivity (Wildman–Crippen MR) is 52.4 cm³/mol. The quantitative estimate of drug-likeness (QED) is 0.526. The molecule has 1 fully saturated rings. The van der Waals surface area contributed by atoms with Crippen molar-refractivity contribution in [3.05, 3.63) is 0 Å². The van der Waals surface area contributed by atoms with E-state index in [-0.39, 0.29) is 0 Å². The second kappa shape index (κ2) is 3.74. The molecular weight excluding hydrogens is 151 g/mol. The Morgan fingerprint density at radius 3 is 2.45 bits per heavy atom. The van der Waals surface area contributed by atoms with E-state index in [1.54, 1.807) is 0 Å². The number of hydrogen-bond donors (Lipinski definition) is 0. The molecule has 0 spiro atoms. The molecule has 0 aliphatic heterocycles. The average molecular weight is 169 g/mol. The van der Waals surface area contributed by atoms with Crippen molar-refractivity contribution in [3.63, 3.8) is 0 Å². The van der Waals surface area contributed by atoms with Crippen LogP contribution in [-0.2, 0) is 0 Å². The fraction of sp³-hybridized carbons (Fsp3) is 0.900. The summed E-state index contributed by atoms with van der Waals surface area (Å²) >= 11 is 0. The number of rotatable bonds is 1. The molecule has 0 bridgehead atoms. The molecule has 0 aromatic carbocycles. The Morgan fingerprint density at radius 2 is 2.09 bits per heavy atom. The van der Waals surface area contributed by atoms with Gasteiger partial charge in [0.1, 0.15) is 0 Å². The summed E-state index contributed by atoms with van der Waals surface area (Å²) in [4.78, 5) is 0. The molecule has 4 atom stereocenters. The average Bonchev–Trinajstić information content (AvgIpc) is 2.28. The van der Waals surface area contributed by atoms with Crippen LogP contribution in [0.4, 0.5) is 0 Å². The van der Waals surface area contributed by atoms with Gasteiger partial charge in [-0.15, -0.1) is 0 Å². The first-order valence-corrected chi connectivity index (χ1v) is 5.64. The van der Waals surface area contributed by atoms with Gasteiger partial charge in [-0.1, -0.05) is 0 Å². The van der Waals surface area contributed by atoms with E-state index in [0.717, 1.165) is 31.4 Å². The molecule has 0 radical (unpaired) electrons. The fourth-order valence-electron chi connectivity index (χ4n) is 2.26. The zero-order chi connectivity index (χ0) is 8.43. The van der Waals surface area contributed by atoms with E-state index in [2.05, 4.69) is 20.8 Å². The summed E-state index contributed by atoms with van der Waals surface area (Å²) < 4.78 is 0. The van der Waals surface area contributed by atoms with Crippen LogP contribution in [0.5, 0.6) is 0 Å². The summed E-state index contributed by atoms with van der Waals surface area (Å²) in [7, 11) is 1.12. The molecule has 62 valence electrons. The van der Waals surface area contributed by atoms with Crippen LogP contribution in [0.15, 0.2) is 0 Å². The minimum absolute atomic E-state index is 0.773. The van der Waals surface area contributed by atoms with Gasteiger partial charge in [-0.05, 0) is 0 Å². The van der Waals surface area contributed by atoms with Crippen molar-refractivity contribution in [2.24, 2.45) is 17.8 Å². The van der Waals surface area contributed by atoms with Crippen LogP contribution in [0.25, 0.3) is 0 Å². The van der Waals surface area contributed by atoms with Gasteiger partial charge >= 0.3 is 71.2 Å². The van der Waals surface area contributed by atoms with Crippen LogP contribution in [0, 0.1) is 23.9 Å². The van der Waals surface area contributed by atoms with E-state index in [1.807, 2.05) is 0 Å². The second-order valence-corrected chi connectivity index (χ2v) is 4.77. The monoisotopic (exact) mass is 169 g/mol. The second-order valence-electron chi connectivity index (χ2n) is 3.88. The van der Waals surface area contributed by atoms with Crippen molar-refractivity contribution < 1.29 is 0 Å². The zero-order valence-electron chi connectivity index (χ0n) is 7.75. The summed E-state index contributed by atoms with van der Waals surface area (Å²) in [5, 5.41) is 0. The molecule has 0 aromatic heterocycles. The van der Waals surface area contributed by atoms with Crippen LogP contribution >= 0.6 is 8.04 Å². The molecule has 0 amide bonds. The molecule has 1 heteroatoms. The van der Waals surface area contributed by atoms with E-state index in [4.69, 9.17) is 6.13 Å². The van der Waals surface area contributed by atoms with Gasteiger partial charge in [-0.25, -0.2) is 0 Å². The van der Waals surface area contributed by atoms with Gasteiger partial charge in [0.05, 0.1) is 0 Å². The number of hydrogen-bond acceptors (Lipinski definition) is 0. The summed E-state index contributed by atoms with van der Waals surface area (Å²) in [6.07, 6.45) is 8.43. The molecular formula is C10H18P+. The van der Waals surface area contributed by atoms with Crippen molar-refractivity contribution in [2.75, 3.05) is 0 Å². The van der Waals surface area contributed by atoms with Crippen molar-refractivity contribution in [1.82, 2.24) is 0 Å². The zero-order valence-corrected chi connectivity index (χ0v) is 8.64. The molecule has 0 N–H and O–H groups in total. The first kappa shape index (κ1) is 9.30. The topological polar surface area (TPSA) is 0 Å². The molecule has 1 saturated carbocycles. The standard InChI is InChI=1S/C10H18P/c1-5-9-6-7(2)8(3)10(9)11-4/h4,7-10H,5-6H2,1-3H3/q+1. The summed E-state index contributed by atoms with van der Waals surface area (Å²) in [6.45, 7) is 7.00. The first-order valence-electron chi connectivity index (χ1n) is 4.60. The maximum absolute atomic E-state index is 5.72. The van der Waals surface area contributed by atoms with Crippen molar-refractivity contribution in [1.29, 1.82) is 0 Å². The molecule has 0 heterocycles. The van der Waals surface area contributed by atoms with Crippen molar-refractivity contribution >= 4 is 8.04 Å². The molecule has 11 heavy (non-hydrogen) atoms. The molecule has 0 nitrogen and oxygen atoms in total. The SMILES string of the molecule is C#[P+]C1C(CC)CC(C)C1C. The van der Waals surface area contributed by atoms with Gasteiger partial charge in [0.15, 0.2) is 0 Å². The molecule has 0 saturated heterocycles. The Balaban J connectivity index is 2.66. The maximum atomic E-state index is 5.72. The van der Waals surface area contributed by atoms with E-state index in [1.165, 1.54) is 12.8 Å². The Kier molecular flexibility index (Phi) is 3.16. The summed E-state index contributed by atoms with van der Waals surface area (Å²) in [6, 6.07) is 0. The first-order chi connectivity index (χ1) is 5.20. The van der Waals surface area contributed by atoms with Crippen LogP contribution in [0.2, 0.25) is 0 Å². The predicted octanol–water partition coefficient (Wildman–Crippen LogP) is 3.59. The molecule has 1 rings (SSSR count).